The standard InChI is InChI=1S/C27H24ClNO3/c1-16(2)18-10-12-19(13-11-18)24-23(25(30)20-7-5-4-6-8-20)26(31)27(32)29(24)21-14-9-17(3)22(28)15-21/h4-16,24,30H,1-3H3/t24-/m1/s1. The van der Waals surface area contributed by atoms with Crippen molar-refractivity contribution in [3.8, 4) is 0 Å². The van der Waals surface area contributed by atoms with Crippen molar-refractivity contribution in [1.82, 2.24) is 0 Å². The van der Waals surface area contributed by atoms with E-state index in [1.165, 1.54) is 4.90 Å². The molecule has 0 aromatic heterocycles. The van der Waals surface area contributed by atoms with Crippen LogP contribution < -0.4 is 4.90 Å². The molecule has 5 heteroatoms. The van der Waals surface area contributed by atoms with E-state index in [2.05, 4.69) is 13.8 Å². The van der Waals surface area contributed by atoms with Crippen LogP contribution in [0.5, 0.6) is 0 Å². The van der Waals surface area contributed by atoms with Gasteiger partial charge < -0.3 is 5.11 Å². The number of Topliss-reactive ketones (excluding diaryl/α,β-unsaturated/α-hetero) is 1. The Kier molecular flexibility index (Phi) is 5.90. The van der Waals surface area contributed by atoms with E-state index in [1.54, 1.807) is 36.4 Å². The minimum Gasteiger partial charge on any atom is -0.507 e. The number of aliphatic hydroxyl groups excluding tert-OH is 1. The van der Waals surface area contributed by atoms with E-state index in [9.17, 15) is 14.7 Å². The van der Waals surface area contributed by atoms with E-state index in [1.807, 2.05) is 43.3 Å². The lowest BCUT2D eigenvalue weighted by Gasteiger charge is -2.26. The summed E-state index contributed by atoms with van der Waals surface area (Å²) in [6.45, 7) is 6.08. The molecule has 1 amide bonds. The van der Waals surface area contributed by atoms with Crippen molar-refractivity contribution in [3.63, 3.8) is 0 Å². The molecule has 4 nitrogen and oxygen atoms in total. The second-order valence-electron chi connectivity index (χ2n) is 8.29. The molecule has 4 rings (SSSR count). The number of halogens is 1. The maximum atomic E-state index is 13.2. The SMILES string of the molecule is Cc1ccc(N2C(=O)C(=O)C(=C(O)c3ccccc3)[C@H]2c2ccc(C(C)C)cc2)cc1Cl. The summed E-state index contributed by atoms with van der Waals surface area (Å²) in [6, 6.07) is 21.1. The molecule has 0 unspecified atom stereocenters. The van der Waals surface area contributed by atoms with Gasteiger partial charge in [0.1, 0.15) is 5.76 Å². The summed E-state index contributed by atoms with van der Waals surface area (Å²) in [5.74, 6) is -1.26. The second-order valence-corrected chi connectivity index (χ2v) is 8.70. The van der Waals surface area contributed by atoms with E-state index in [-0.39, 0.29) is 11.3 Å². The van der Waals surface area contributed by atoms with Crippen molar-refractivity contribution in [1.29, 1.82) is 0 Å². The molecule has 32 heavy (non-hydrogen) atoms. The largest absolute Gasteiger partial charge is 0.507 e. The molecular weight excluding hydrogens is 422 g/mol. The number of carbonyl (C=O) groups is 2. The number of aliphatic hydroxyl groups is 1. The predicted molar refractivity (Wildman–Crippen MR) is 128 cm³/mol. The number of ketones is 1. The van der Waals surface area contributed by atoms with Crippen molar-refractivity contribution < 1.29 is 14.7 Å². The topological polar surface area (TPSA) is 57.6 Å². The summed E-state index contributed by atoms with van der Waals surface area (Å²) in [5, 5.41) is 11.6. The van der Waals surface area contributed by atoms with Gasteiger partial charge in [0, 0.05) is 16.3 Å². The summed E-state index contributed by atoms with van der Waals surface area (Å²) in [5.41, 5.74) is 3.81. The number of carbonyl (C=O) groups excluding carboxylic acids is 2. The van der Waals surface area contributed by atoms with Crippen LogP contribution in [0, 0.1) is 6.92 Å². The number of nitrogens with zero attached hydrogens (tertiary/aromatic N) is 1. The molecule has 1 atom stereocenters. The molecule has 0 spiro atoms. The van der Waals surface area contributed by atoms with Crippen LogP contribution >= 0.6 is 11.6 Å². The van der Waals surface area contributed by atoms with Crippen LogP contribution in [-0.2, 0) is 9.59 Å². The lowest BCUT2D eigenvalue weighted by molar-refractivity contribution is -0.132. The third-order valence-electron chi connectivity index (χ3n) is 5.84. The molecule has 1 aliphatic heterocycles. The number of hydrogen-bond donors (Lipinski definition) is 1. The number of hydrogen-bond acceptors (Lipinski definition) is 3. The Balaban J connectivity index is 1.93. The van der Waals surface area contributed by atoms with Crippen molar-refractivity contribution in [2.75, 3.05) is 4.90 Å². The van der Waals surface area contributed by atoms with Crippen LogP contribution in [0.1, 0.15) is 48.1 Å². The van der Waals surface area contributed by atoms with Crippen molar-refractivity contribution in [3.05, 3.63) is 106 Å². The average molecular weight is 446 g/mol. The van der Waals surface area contributed by atoms with Gasteiger partial charge in [0.15, 0.2) is 0 Å². The van der Waals surface area contributed by atoms with E-state index in [4.69, 9.17) is 11.6 Å². The van der Waals surface area contributed by atoms with E-state index in [0.717, 1.165) is 16.7 Å². The molecule has 1 N–H and O–H groups in total. The molecule has 0 aliphatic carbocycles. The maximum absolute atomic E-state index is 13.2. The van der Waals surface area contributed by atoms with Gasteiger partial charge in [-0.3, -0.25) is 14.5 Å². The van der Waals surface area contributed by atoms with Crippen LogP contribution in [-0.4, -0.2) is 16.8 Å². The summed E-state index contributed by atoms with van der Waals surface area (Å²) in [4.78, 5) is 27.8. The average Bonchev–Trinajstić information content (AvgIpc) is 3.06. The van der Waals surface area contributed by atoms with Crippen LogP contribution in [0.25, 0.3) is 5.76 Å². The first-order valence-corrected chi connectivity index (χ1v) is 10.9. The molecule has 3 aromatic rings. The summed E-state index contributed by atoms with van der Waals surface area (Å²) >= 11 is 6.34. The number of amides is 1. The lowest BCUT2D eigenvalue weighted by Crippen LogP contribution is -2.29. The number of benzene rings is 3. The highest BCUT2D eigenvalue weighted by atomic mass is 35.5. The Morgan fingerprint density at radius 3 is 2.22 bits per heavy atom. The fourth-order valence-corrected chi connectivity index (χ4v) is 4.14. The number of anilines is 1. The first-order valence-electron chi connectivity index (χ1n) is 10.5. The Morgan fingerprint density at radius 2 is 1.62 bits per heavy atom. The molecule has 162 valence electrons. The zero-order valence-corrected chi connectivity index (χ0v) is 18.9. The van der Waals surface area contributed by atoms with Crippen molar-refractivity contribution in [2.24, 2.45) is 0 Å². The third-order valence-corrected chi connectivity index (χ3v) is 6.25. The second kappa shape index (κ2) is 8.64. The van der Waals surface area contributed by atoms with E-state index in [0.29, 0.717) is 22.2 Å². The van der Waals surface area contributed by atoms with Gasteiger partial charge >= 0.3 is 0 Å². The molecule has 0 radical (unpaired) electrons. The lowest BCUT2D eigenvalue weighted by atomic mass is 9.93. The van der Waals surface area contributed by atoms with Crippen LogP contribution in [0.4, 0.5) is 5.69 Å². The smallest absolute Gasteiger partial charge is 0.300 e. The summed E-state index contributed by atoms with van der Waals surface area (Å²) in [6.07, 6.45) is 0. The Bertz CT molecular complexity index is 1210. The summed E-state index contributed by atoms with van der Waals surface area (Å²) in [7, 11) is 0. The molecular formula is C27H24ClNO3. The maximum Gasteiger partial charge on any atom is 0.300 e. The van der Waals surface area contributed by atoms with Gasteiger partial charge in [-0.05, 0) is 41.7 Å². The molecule has 0 saturated carbocycles. The molecule has 1 fully saturated rings. The molecule has 1 saturated heterocycles. The zero-order valence-electron chi connectivity index (χ0n) is 18.2. The van der Waals surface area contributed by atoms with E-state index >= 15 is 0 Å². The van der Waals surface area contributed by atoms with Crippen molar-refractivity contribution >= 4 is 34.7 Å². The van der Waals surface area contributed by atoms with Crippen molar-refractivity contribution in [2.45, 2.75) is 32.7 Å². The first-order chi connectivity index (χ1) is 15.3. The molecule has 3 aromatic carbocycles. The quantitative estimate of drug-likeness (QED) is 0.287. The van der Waals surface area contributed by atoms with Gasteiger partial charge in [0.2, 0.25) is 0 Å². The normalized spacial score (nSPS) is 17.9. The van der Waals surface area contributed by atoms with Gasteiger partial charge in [-0.25, -0.2) is 0 Å². The summed E-state index contributed by atoms with van der Waals surface area (Å²) < 4.78 is 0. The van der Waals surface area contributed by atoms with Gasteiger partial charge in [0.25, 0.3) is 11.7 Å². The Morgan fingerprint density at radius 1 is 0.969 bits per heavy atom. The highest BCUT2D eigenvalue weighted by Crippen LogP contribution is 2.43. The Hall–Kier alpha value is -3.37. The first kappa shape index (κ1) is 21.8. The number of aryl methyl sites for hydroxylation is 1. The molecule has 1 heterocycles. The van der Waals surface area contributed by atoms with Gasteiger partial charge in [-0.15, -0.1) is 0 Å². The Labute approximate surface area is 192 Å². The zero-order chi connectivity index (χ0) is 23.0. The third kappa shape index (κ3) is 3.82. The number of rotatable bonds is 4. The molecule has 1 aliphatic rings. The highest BCUT2D eigenvalue weighted by Gasteiger charge is 2.47. The van der Waals surface area contributed by atoms with Crippen LogP contribution in [0.3, 0.4) is 0 Å². The van der Waals surface area contributed by atoms with Gasteiger partial charge in [-0.2, -0.15) is 0 Å². The highest BCUT2D eigenvalue weighted by molar-refractivity contribution is 6.51. The predicted octanol–water partition coefficient (Wildman–Crippen LogP) is 6.40. The fraction of sp³-hybridized carbons (Fsp3) is 0.185. The monoisotopic (exact) mass is 445 g/mol. The van der Waals surface area contributed by atoms with Crippen LogP contribution in [0.2, 0.25) is 5.02 Å². The fourth-order valence-electron chi connectivity index (χ4n) is 3.96. The van der Waals surface area contributed by atoms with E-state index < -0.39 is 17.7 Å². The van der Waals surface area contributed by atoms with Crippen LogP contribution in [0.15, 0.2) is 78.4 Å². The minimum absolute atomic E-state index is 0.0650. The van der Waals surface area contributed by atoms with Gasteiger partial charge in [-0.1, -0.05) is 86.1 Å². The molecule has 0 bridgehead atoms. The van der Waals surface area contributed by atoms with Gasteiger partial charge in [0.05, 0.1) is 11.6 Å². The minimum atomic E-state index is -0.768.